The quantitative estimate of drug-likeness (QED) is 0.185. The van der Waals surface area contributed by atoms with Crippen LogP contribution >= 0.6 is 0 Å². The van der Waals surface area contributed by atoms with Crippen molar-refractivity contribution < 1.29 is 43.6 Å². The van der Waals surface area contributed by atoms with Crippen molar-refractivity contribution in [3.63, 3.8) is 0 Å². The summed E-state index contributed by atoms with van der Waals surface area (Å²) in [5, 5.41) is 25.1. The Morgan fingerprint density at radius 2 is 1.48 bits per heavy atom. The normalized spacial score (nSPS) is 37.9. The van der Waals surface area contributed by atoms with Gasteiger partial charge >= 0.3 is 17.9 Å². The third-order valence-electron chi connectivity index (χ3n) is 10.9. The maximum absolute atomic E-state index is 13.6. The Balaban J connectivity index is 1.94. The molecule has 2 fully saturated rings. The van der Waals surface area contributed by atoms with Crippen LogP contribution in [0.4, 0.5) is 0 Å². The lowest BCUT2D eigenvalue weighted by atomic mass is 9.59. The highest BCUT2D eigenvalue weighted by Gasteiger charge is 2.88. The van der Waals surface area contributed by atoms with Gasteiger partial charge in [0.25, 0.3) is 0 Å². The molecule has 0 heterocycles. The number of fused-ring (bicyclic) bond motifs is 5. The van der Waals surface area contributed by atoms with Gasteiger partial charge in [-0.2, -0.15) is 0 Å². The molecule has 4 aliphatic carbocycles. The first-order chi connectivity index (χ1) is 20.4. The number of Topliss-reactive ketones (excluding diaryl/α,β-unsaturated/α-hetero) is 1. The van der Waals surface area contributed by atoms with Crippen molar-refractivity contribution in [2.24, 2.45) is 29.1 Å². The Kier molecular flexibility index (Phi) is 8.59. The van der Waals surface area contributed by atoms with Crippen LogP contribution in [0.5, 0.6) is 0 Å². The molecule has 0 amide bonds. The molecule has 44 heavy (non-hydrogen) atoms. The molecule has 0 saturated heterocycles. The highest BCUT2D eigenvalue weighted by Crippen LogP contribution is 2.77. The highest BCUT2D eigenvalue weighted by molar-refractivity contribution is 6.05. The van der Waals surface area contributed by atoms with E-state index in [2.05, 4.69) is 0 Å². The zero-order chi connectivity index (χ0) is 33.2. The summed E-state index contributed by atoms with van der Waals surface area (Å²) in [6, 6.07) is 0. The molecule has 9 heteroatoms. The first-order valence-corrected chi connectivity index (χ1v) is 15.3. The number of hydrogen-bond acceptors (Lipinski definition) is 9. The highest BCUT2D eigenvalue weighted by atomic mass is 16.6. The predicted molar refractivity (Wildman–Crippen MR) is 163 cm³/mol. The van der Waals surface area contributed by atoms with Crippen molar-refractivity contribution in [2.45, 2.75) is 98.6 Å². The second-order valence-electron chi connectivity index (χ2n) is 13.5. The van der Waals surface area contributed by atoms with Crippen LogP contribution in [0.2, 0.25) is 0 Å². The van der Waals surface area contributed by atoms with Crippen LogP contribution < -0.4 is 0 Å². The topological polar surface area (TPSA) is 136 Å². The number of carbonyl (C=O) groups excluding carboxylic acids is 4. The molecule has 2 saturated carbocycles. The molecule has 4 aliphatic rings. The first kappa shape index (κ1) is 33.6. The van der Waals surface area contributed by atoms with Gasteiger partial charge in [0.05, 0.1) is 5.60 Å². The second-order valence-corrected chi connectivity index (χ2v) is 13.5. The fraction of sp³-hybridized carbons (Fsp3) is 0.600. The second kappa shape index (κ2) is 11.2. The van der Waals surface area contributed by atoms with Crippen molar-refractivity contribution >= 4 is 23.7 Å². The van der Waals surface area contributed by atoms with Crippen LogP contribution in [0.25, 0.3) is 0 Å². The summed E-state index contributed by atoms with van der Waals surface area (Å²) in [6.07, 6.45) is 6.98. The molecule has 240 valence electrons. The Bertz CT molecular complexity index is 1440. The van der Waals surface area contributed by atoms with Crippen molar-refractivity contribution in [1.82, 2.24) is 0 Å². The molecule has 8 atom stereocenters. The van der Waals surface area contributed by atoms with Crippen LogP contribution in [-0.4, -0.2) is 63.4 Å². The summed E-state index contributed by atoms with van der Waals surface area (Å²) in [5.41, 5.74) is -4.09. The van der Waals surface area contributed by atoms with E-state index in [9.17, 15) is 29.4 Å². The van der Waals surface area contributed by atoms with Crippen molar-refractivity contribution in [3.8, 4) is 0 Å². The molecule has 0 aromatic rings. The zero-order valence-corrected chi connectivity index (χ0v) is 27.4. The molecule has 9 nitrogen and oxygen atoms in total. The summed E-state index contributed by atoms with van der Waals surface area (Å²) >= 11 is 0. The lowest BCUT2D eigenvalue weighted by Crippen LogP contribution is -2.66. The van der Waals surface area contributed by atoms with E-state index in [0.29, 0.717) is 27.9 Å². The van der Waals surface area contributed by atoms with E-state index in [-0.39, 0.29) is 13.0 Å². The van der Waals surface area contributed by atoms with Crippen LogP contribution in [-0.2, 0) is 33.4 Å². The van der Waals surface area contributed by atoms with Crippen LogP contribution in [0, 0.1) is 29.1 Å². The molecule has 0 radical (unpaired) electrons. The Labute approximate surface area is 259 Å². The average molecular weight is 611 g/mol. The number of esters is 3. The van der Waals surface area contributed by atoms with Crippen LogP contribution in [0.3, 0.4) is 0 Å². The van der Waals surface area contributed by atoms with E-state index in [0.717, 1.165) is 0 Å². The zero-order valence-electron chi connectivity index (χ0n) is 27.4. The molecule has 2 N–H and O–H groups in total. The van der Waals surface area contributed by atoms with E-state index in [4.69, 9.17) is 14.2 Å². The SMILES string of the molecule is C/C=C(\C)C(=O)OCC1=C[C@H]2[C@@H]3C(C)(C)[C@]3(OC(=O)/C(C)=C/C)[C@H](OC(=O)/C(C)=C/C)[C@@H](C)[C@]2(O)[C@@H]2C=C(C)C(=O)[C@@]2(O)C1. The predicted octanol–water partition coefficient (Wildman–Crippen LogP) is 4.48. The molecule has 0 aliphatic heterocycles. The number of rotatable bonds is 7. The van der Waals surface area contributed by atoms with Gasteiger partial charge in [0.15, 0.2) is 11.4 Å². The van der Waals surface area contributed by atoms with E-state index in [1.807, 2.05) is 13.8 Å². The minimum atomic E-state index is -2.03. The van der Waals surface area contributed by atoms with Crippen molar-refractivity contribution in [2.75, 3.05) is 6.61 Å². The maximum atomic E-state index is 13.6. The van der Waals surface area contributed by atoms with Crippen molar-refractivity contribution in [1.29, 1.82) is 0 Å². The monoisotopic (exact) mass is 610 g/mol. The summed E-state index contributed by atoms with van der Waals surface area (Å²) in [5.74, 6) is -5.58. The molecule has 0 bridgehead atoms. The third-order valence-corrected chi connectivity index (χ3v) is 10.9. The number of ketones is 1. The lowest BCUT2D eigenvalue weighted by Gasteiger charge is -2.53. The average Bonchev–Trinajstić information content (AvgIpc) is 3.41. The summed E-state index contributed by atoms with van der Waals surface area (Å²) in [4.78, 5) is 52.8. The van der Waals surface area contributed by atoms with E-state index in [1.54, 1.807) is 85.8 Å². The number of ether oxygens (including phenoxy) is 3. The van der Waals surface area contributed by atoms with Gasteiger partial charge in [-0.1, -0.05) is 51.2 Å². The van der Waals surface area contributed by atoms with Crippen molar-refractivity contribution in [3.05, 3.63) is 58.2 Å². The fourth-order valence-electron chi connectivity index (χ4n) is 7.88. The largest absolute Gasteiger partial charge is 0.458 e. The summed E-state index contributed by atoms with van der Waals surface area (Å²) < 4.78 is 18.0. The van der Waals surface area contributed by atoms with Gasteiger partial charge in [-0.3, -0.25) is 4.79 Å². The number of aliphatic hydroxyl groups is 2. The molecule has 0 aromatic carbocycles. The maximum Gasteiger partial charge on any atom is 0.334 e. The smallest absolute Gasteiger partial charge is 0.334 e. The van der Waals surface area contributed by atoms with Crippen LogP contribution in [0.1, 0.15) is 75.7 Å². The van der Waals surface area contributed by atoms with Gasteiger partial charge in [0, 0.05) is 52.2 Å². The van der Waals surface area contributed by atoms with Gasteiger partial charge in [-0.05, 0) is 59.6 Å². The van der Waals surface area contributed by atoms with Gasteiger partial charge in [-0.25, -0.2) is 14.4 Å². The first-order valence-electron chi connectivity index (χ1n) is 15.3. The molecule has 4 rings (SSSR count). The van der Waals surface area contributed by atoms with E-state index in [1.165, 1.54) is 0 Å². The molecular formula is C35H46O9. The molecule has 0 aromatic heterocycles. The summed E-state index contributed by atoms with van der Waals surface area (Å²) in [7, 11) is 0. The lowest BCUT2D eigenvalue weighted by molar-refractivity contribution is -0.226. The van der Waals surface area contributed by atoms with E-state index < -0.39 is 75.7 Å². The van der Waals surface area contributed by atoms with Gasteiger partial charge < -0.3 is 24.4 Å². The van der Waals surface area contributed by atoms with Gasteiger partial charge in [0.2, 0.25) is 0 Å². The Morgan fingerprint density at radius 1 is 0.932 bits per heavy atom. The number of hydrogen-bond donors (Lipinski definition) is 2. The molecule has 0 unspecified atom stereocenters. The third kappa shape index (κ3) is 4.66. The number of allylic oxidation sites excluding steroid dienone is 3. The Morgan fingerprint density at radius 3 is 2.05 bits per heavy atom. The minimum Gasteiger partial charge on any atom is -0.458 e. The molecular weight excluding hydrogens is 564 g/mol. The standard InChI is InChI=1S/C35H46O9/c1-11-18(4)29(37)42-17-23-15-24-26-32(9,10)35(26,44-31(39)20(6)13-3)28(43-30(38)19(5)12-2)22(8)34(24,41)25-14-21(7)27(36)33(25,40)16-23/h11-15,22,24-26,28,40-41H,16-17H2,1-10H3/b18-11+,19-12+,20-13+/t22-,24+,25-,26-,28-,33-,34-,35-/m1/s1. The minimum absolute atomic E-state index is 0.169. The fourth-order valence-corrected chi connectivity index (χ4v) is 7.88. The summed E-state index contributed by atoms with van der Waals surface area (Å²) in [6.45, 7) is 16.9. The number of carbonyl (C=O) groups is 4. The van der Waals surface area contributed by atoms with Crippen LogP contribution in [0.15, 0.2) is 58.2 Å². The van der Waals surface area contributed by atoms with E-state index >= 15 is 0 Å². The van der Waals surface area contributed by atoms with Gasteiger partial charge in [0.1, 0.15) is 18.3 Å². The Hall–Kier alpha value is -3.30. The van der Waals surface area contributed by atoms with Gasteiger partial charge in [-0.15, -0.1) is 0 Å². The molecule has 0 spiro atoms.